The largest absolute Gasteiger partial charge is 0.495 e. The third kappa shape index (κ3) is 4.03. The molecule has 0 bridgehead atoms. The molecular formula is C17H22ClN3O4S. The lowest BCUT2D eigenvalue weighted by atomic mass is 10.1. The fourth-order valence-corrected chi connectivity index (χ4v) is 5.25. The van der Waals surface area contributed by atoms with E-state index < -0.39 is 22.2 Å². The number of aromatic nitrogens is 2. The maximum atomic E-state index is 12.8. The monoisotopic (exact) mass is 399 g/mol. The van der Waals surface area contributed by atoms with E-state index in [4.69, 9.17) is 16.3 Å². The van der Waals surface area contributed by atoms with Crippen molar-refractivity contribution in [3.8, 4) is 5.75 Å². The quantitative estimate of drug-likeness (QED) is 0.774. The summed E-state index contributed by atoms with van der Waals surface area (Å²) in [5.41, 5.74) is 0.527. The average molecular weight is 400 g/mol. The number of methoxy groups -OCH3 is 1. The number of nitrogens with one attached hydrogen (secondary N) is 1. The Morgan fingerprint density at radius 1 is 1.42 bits per heavy atom. The molecule has 26 heavy (non-hydrogen) atoms. The van der Waals surface area contributed by atoms with Crippen molar-refractivity contribution in [3.05, 3.63) is 41.2 Å². The van der Waals surface area contributed by atoms with Gasteiger partial charge in [-0.2, -0.15) is 5.10 Å². The minimum Gasteiger partial charge on any atom is -0.495 e. The van der Waals surface area contributed by atoms with Crippen LogP contribution >= 0.6 is 11.6 Å². The lowest BCUT2D eigenvalue weighted by Gasteiger charge is -2.18. The van der Waals surface area contributed by atoms with Gasteiger partial charge >= 0.3 is 0 Å². The zero-order valence-corrected chi connectivity index (χ0v) is 16.2. The lowest BCUT2D eigenvalue weighted by Crippen LogP contribution is -2.40. The second kappa shape index (κ2) is 7.56. The number of sulfonamides is 1. The van der Waals surface area contributed by atoms with Crippen molar-refractivity contribution in [2.75, 3.05) is 7.11 Å². The summed E-state index contributed by atoms with van der Waals surface area (Å²) in [5, 5.41) is 14.7. The molecule has 1 aromatic carbocycles. The van der Waals surface area contributed by atoms with Crippen molar-refractivity contribution in [3.63, 3.8) is 0 Å². The van der Waals surface area contributed by atoms with Crippen LogP contribution in [0.3, 0.4) is 0 Å². The molecule has 0 radical (unpaired) electrons. The second-order valence-electron chi connectivity index (χ2n) is 6.61. The van der Waals surface area contributed by atoms with Crippen molar-refractivity contribution < 1.29 is 18.3 Å². The number of hydrogen-bond acceptors (Lipinski definition) is 5. The van der Waals surface area contributed by atoms with Crippen LogP contribution in [-0.4, -0.2) is 42.6 Å². The summed E-state index contributed by atoms with van der Waals surface area (Å²) in [6.07, 6.45) is 3.88. The van der Waals surface area contributed by atoms with Crippen LogP contribution in [0.2, 0.25) is 5.02 Å². The first-order chi connectivity index (χ1) is 12.3. The second-order valence-corrected chi connectivity index (χ2v) is 8.70. The molecule has 2 aromatic rings. The van der Waals surface area contributed by atoms with Crippen molar-refractivity contribution >= 4 is 21.6 Å². The first kappa shape index (κ1) is 19.2. The summed E-state index contributed by atoms with van der Waals surface area (Å²) in [7, 11) is -2.34. The van der Waals surface area contributed by atoms with Gasteiger partial charge in [0, 0.05) is 25.0 Å². The van der Waals surface area contributed by atoms with E-state index in [-0.39, 0.29) is 15.8 Å². The Bertz CT molecular complexity index is 870. The van der Waals surface area contributed by atoms with Crippen LogP contribution in [0.5, 0.6) is 5.75 Å². The third-order valence-electron chi connectivity index (χ3n) is 4.68. The summed E-state index contributed by atoms with van der Waals surface area (Å²) in [4.78, 5) is 0.0889. The minimum absolute atomic E-state index is 0.0889. The molecule has 9 heteroatoms. The summed E-state index contributed by atoms with van der Waals surface area (Å²) >= 11 is 6.08. The fraction of sp³-hybridized carbons (Fsp3) is 0.471. The highest BCUT2D eigenvalue weighted by Gasteiger charge is 2.36. The van der Waals surface area contributed by atoms with Gasteiger partial charge < -0.3 is 9.84 Å². The van der Waals surface area contributed by atoms with Gasteiger partial charge in [0.2, 0.25) is 10.0 Å². The maximum absolute atomic E-state index is 12.8. The molecule has 2 N–H and O–H groups in total. The van der Waals surface area contributed by atoms with Crippen molar-refractivity contribution in [1.82, 2.24) is 14.5 Å². The van der Waals surface area contributed by atoms with Gasteiger partial charge in [0.05, 0.1) is 23.1 Å². The van der Waals surface area contributed by atoms with E-state index in [0.717, 1.165) is 0 Å². The molecular weight excluding hydrogens is 378 g/mol. The predicted molar refractivity (Wildman–Crippen MR) is 97.8 cm³/mol. The Kier molecular flexibility index (Phi) is 5.57. The van der Waals surface area contributed by atoms with Crippen LogP contribution < -0.4 is 9.46 Å². The van der Waals surface area contributed by atoms with Crippen LogP contribution in [0.15, 0.2) is 35.5 Å². The average Bonchev–Trinajstić information content (AvgIpc) is 3.19. The standard InChI is InChI=1S/C17H22ClN3O4S/c1-11-6-16(25-2)13(18)9-17(11)26(23,24)20-14-7-12(8-15(14)22)10-21-5-3-4-19-21/h3-6,9,12,14-15,20,22H,7-8,10H2,1-2H3/t12?,14-,15-/m1/s1. The molecule has 1 aliphatic rings. The molecule has 142 valence electrons. The first-order valence-corrected chi connectivity index (χ1v) is 10.2. The van der Waals surface area contributed by atoms with E-state index in [1.54, 1.807) is 23.9 Å². The van der Waals surface area contributed by atoms with Gasteiger partial charge in [0.15, 0.2) is 0 Å². The van der Waals surface area contributed by atoms with E-state index in [1.165, 1.54) is 13.2 Å². The molecule has 3 atom stereocenters. The van der Waals surface area contributed by atoms with Crippen molar-refractivity contribution in [2.45, 2.75) is 43.4 Å². The number of aryl methyl sites for hydroxylation is 1. The molecule has 1 heterocycles. The number of benzene rings is 1. The van der Waals surface area contributed by atoms with Crippen LogP contribution in [0.4, 0.5) is 0 Å². The van der Waals surface area contributed by atoms with Gasteiger partial charge in [-0.15, -0.1) is 0 Å². The normalized spacial score (nSPS) is 23.3. The Morgan fingerprint density at radius 3 is 2.85 bits per heavy atom. The van der Waals surface area contributed by atoms with Gasteiger partial charge in [-0.25, -0.2) is 13.1 Å². The highest BCUT2D eigenvalue weighted by molar-refractivity contribution is 7.89. The number of ether oxygens (including phenoxy) is 1. The minimum atomic E-state index is -3.81. The van der Waals surface area contributed by atoms with Crippen LogP contribution in [0.25, 0.3) is 0 Å². The van der Waals surface area contributed by atoms with Crippen LogP contribution in [0, 0.1) is 12.8 Å². The van der Waals surface area contributed by atoms with E-state index >= 15 is 0 Å². The topological polar surface area (TPSA) is 93.5 Å². The summed E-state index contributed by atoms with van der Waals surface area (Å²) < 4.78 is 35.1. The van der Waals surface area contributed by atoms with E-state index in [2.05, 4.69) is 9.82 Å². The van der Waals surface area contributed by atoms with Gasteiger partial charge in [-0.05, 0) is 49.4 Å². The summed E-state index contributed by atoms with van der Waals surface area (Å²) in [6, 6.07) is 4.26. The number of hydrogen-bond donors (Lipinski definition) is 2. The van der Waals surface area contributed by atoms with Gasteiger partial charge in [-0.3, -0.25) is 4.68 Å². The molecule has 0 spiro atoms. The van der Waals surface area contributed by atoms with Crippen molar-refractivity contribution in [1.29, 1.82) is 0 Å². The Morgan fingerprint density at radius 2 is 2.19 bits per heavy atom. The fourth-order valence-electron chi connectivity index (χ4n) is 3.41. The molecule has 7 nitrogen and oxygen atoms in total. The highest BCUT2D eigenvalue weighted by Crippen LogP contribution is 2.32. The maximum Gasteiger partial charge on any atom is 0.241 e. The van der Waals surface area contributed by atoms with Crippen molar-refractivity contribution in [2.24, 2.45) is 5.92 Å². The first-order valence-electron chi connectivity index (χ1n) is 8.32. The van der Waals surface area contributed by atoms with Crippen LogP contribution in [0.1, 0.15) is 18.4 Å². The van der Waals surface area contributed by atoms with E-state index in [0.29, 0.717) is 30.7 Å². The Labute approximate surface area is 158 Å². The third-order valence-corrected chi connectivity index (χ3v) is 6.60. The SMILES string of the molecule is COc1cc(C)c(S(=O)(=O)N[C@@H]2CC(Cn3cccn3)C[C@H]2O)cc1Cl. The molecule has 0 saturated heterocycles. The van der Waals surface area contributed by atoms with Gasteiger partial charge in [0.1, 0.15) is 5.75 Å². The zero-order chi connectivity index (χ0) is 18.9. The Hall–Kier alpha value is -1.61. The molecule has 0 amide bonds. The molecule has 1 aromatic heterocycles. The number of halogens is 1. The zero-order valence-electron chi connectivity index (χ0n) is 14.6. The molecule has 3 rings (SSSR count). The summed E-state index contributed by atoms with van der Waals surface area (Å²) in [5.74, 6) is 0.571. The molecule has 1 saturated carbocycles. The van der Waals surface area contributed by atoms with Crippen LogP contribution in [-0.2, 0) is 16.6 Å². The molecule has 1 fully saturated rings. The van der Waals surface area contributed by atoms with Gasteiger partial charge in [-0.1, -0.05) is 11.6 Å². The molecule has 0 aliphatic heterocycles. The molecule has 1 unspecified atom stereocenters. The highest BCUT2D eigenvalue weighted by atomic mass is 35.5. The number of nitrogens with zero attached hydrogens (tertiary/aromatic N) is 2. The number of rotatable bonds is 6. The lowest BCUT2D eigenvalue weighted by molar-refractivity contribution is 0.154. The van der Waals surface area contributed by atoms with E-state index in [1.807, 2.05) is 12.3 Å². The van der Waals surface area contributed by atoms with E-state index in [9.17, 15) is 13.5 Å². The van der Waals surface area contributed by atoms with Gasteiger partial charge in [0.25, 0.3) is 0 Å². The number of aliphatic hydroxyl groups is 1. The summed E-state index contributed by atoms with van der Waals surface area (Å²) in [6.45, 7) is 2.33. The Balaban J connectivity index is 1.74. The predicted octanol–water partition coefficient (Wildman–Crippen LogP) is 1.97. The smallest absolute Gasteiger partial charge is 0.241 e. The number of aliphatic hydroxyl groups excluding tert-OH is 1. The molecule has 1 aliphatic carbocycles.